The van der Waals surface area contributed by atoms with Gasteiger partial charge in [0.15, 0.2) is 0 Å². The van der Waals surface area contributed by atoms with Crippen LogP contribution in [-0.4, -0.2) is 35.2 Å². The molecule has 0 amide bonds. The van der Waals surface area contributed by atoms with E-state index in [1.165, 1.54) is 5.56 Å². The second kappa shape index (κ2) is 4.85. The maximum absolute atomic E-state index is 8.66. The topological polar surface area (TPSA) is 36.4 Å². The number of hydrogen-bond acceptors (Lipinski definition) is 3. The van der Waals surface area contributed by atoms with E-state index in [2.05, 4.69) is 9.88 Å². The van der Waals surface area contributed by atoms with Crippen molar-refractivity contribution >= 4 is 0 Å². The number of aliphatic hydroxyl groups is 1. The van der Waals surface area contributed by atoms with Crippen LogP contribution in [0.4, 0.5) is 0 Å². The molecule has 0 saturated carbocycles. The van der Waals surface area contributed by atoms with Crippen molar-refractivity contribution in [2.45, 2.75) is 6.54 Å². The van der Waals surface area contributed by atoms with E-state index in [0.717, 1.165) is 6.54 Å². The lowest BCUT2D eigenvalue weighted by Gasteiger charge is -2.14. The Morgan fingerprint density at radius 3 is 3.00 bits per heavy atom. The number of rotatable bonds is 4. The molecule has 66 valence electrons. The zero-order valence-electron chi connectivity index (χ0n) is 7.27. The van der Waals surface area contributed by atoms with E-state index in [1.54, 1.807) is 6.20 Å². The molecule has 1 aromatic rings. The van der Waals surface area contributed by atoms with Crippen LogP contribution >= 0.6 is 0 Å². The average molecular weight is 166 g/mol. The summed E-state index contributed by atoms with van der Waals surface area (Å²) in [5.41, 5.74) is 1.17. The lowest BCUT2D eigenvalue weighted by Crippen LogP contribution is -2.21. The summed E-state index contributed by atoms with van der Waals surface area (Å²) in [6.07, 6.45) is 3.60. The van der Waals surface area contributed by atoms with Crippen molar-refractivity contribution in [1.29, 1.82) is 0 Å². The van der Waals surface area contributed by atoms with Crippen LogP contribution < -0.4 is 0 Å². The molecule has 1 N–H and O–H groups in total. The lowest BCUT2D eigenvalue weighted by atomic mass is 10.3. The summed E-state index contributed by atoms with van der Waals surface area (Å²) >= 11 is 0. The van der Waals surface area contributed by atoms with Gasteiger partial charge in [0.05, 0.1) is 6.61 Å². The lowest BCUT2D eigenvalue weighted by molar-refractivity contribution is 0.217. The predicted molar refractivity (Wildman–Crippen MR) is 47.7 cm³/mol. The number of hydrogen-bond donors (Lipinski definition) is 1. The van der Waals surface area contributed by atoms with Crippen LogP contribution in [-0.2, 0) is 6.54 Å². The van der Waals surface area contributed by atoms with Crippen molar-refractivity contribution in [2.75, 3.05) is 20.2 Å². The number of nitrogens with zero attached hydrogens (tertiary/aromatic N) is 2. The van der Waals surface area contributed by atoms with Crippen molar-refractivity contribution < 1.29 is 5.11 Å². The first kappa shape index (κ1) is 9.16. The third kappa shape index (κ3) is 2.98. The van der Waals surface area contributed by atoms with Gasteiger partial charge in [0.25, 0.3) is 0 Å². The molecule has 3 heteroatoms. The van der Waals surface area contributed by atoms with Gasteiger partial charge >= 0.3 is 0 Å². The number of likely N-dealkylation sites (N-methyl/N-ethyl adjacent to an activating group) is 1. The predicted octanol–water partition coefficient (Wildman–Crippen LogP) is 0.506. The van der Waals surface area contributed by atoms with E-state index in [4.69, 9.17) is 5.11 Å². The van der Waals surface area contributed by atoms with E-state index in [9.17, 15) is 0 Å². The summed E-state index contributed by atoms with van der Waals surface area (Å²) in [5, 5.41) is 8.66. The maximum atomic E-state index is 8.66. The van der Waals surface area contributed by atoms with Crippen LogP contribution in [0.15, 0.2) is 24.5 Å². The molecule has 12 heavy (non-hydrogen) atoms. The first-order chi connectivity index (χ1) is 5.83. The van der Waals surface area contributed by atoms with E-state index in [0.29, 0.717) is 6.54 Å². The maximum Gasteiger partial charge on any atom is 0.0558 e. The highest BCUT2D eigenvalue weighted by atomic mass is 16.3. The smallest absolute Gasteiger partial charge is 0.0558 e. The first-order valence-corrected chi connectivity index (χ1v) is 4.01. The van der Waals surface area contributed by atoms with Crippen LogP contribution in [0.3, 0.4) is 0 Å². The van der Waals surface area contributed by atoms with Gasteiger partial charge in [0.1, 0.15) is 0 Å². The second-order valence-electron chi connectivity index (χ2n) is 2.82. The molecule has 0 bridgehead atoms. The minimum Gasteiger partial charge on any atom is -0.395 e. The molecular formula is C9H14N2O. The summed E-state index contributed by atoms with van der Waals surface area (Å²) < 4.78 is 0. The molecule has 0 fully saturated rings. The number of pyridine rings is 1. The highest BCUT2D eigenvalue weighted by Gasteiger charge is 1.97. The quantitative estimate of drug-likeness (QED) is 0.708. The summed E-state index contributed by atoms with van der Waals surface area (Å²) in [7, 11) is 1.98. The van der Waals surface area contributed by atoms with Gasteiger partial charge in [-0.25, -0.2) is 0 Å². The molecule has 1 aromatic heterocycles. The normalized spacial score (nSPS) is 10.6. The third-order valence-electron chi connectivity index (χ3n) is 1.66. The van der Waals surface area contributed by atoms with Gasteiger partial charge in [0.2, 0.25) is 0 Å². The zero-order valence-corrected chi connectivity index (χ0v) is 7.27. The Bertz CT molecular complexity index is 213. The third-order valence-corrected chi connectivity index (χ3v) is 1.66. The number of aliphatic hydroxyl groups excluding tert-OH is 1. The van der Waals surface area contributed by atoms with Gasteiger partial charge in [0, 0.05) is 25.5 Å². The van der Waals surface area contributed by atoms with Gasteiger partial charge in [-0.1, -0.05) is 6.07 Å². The van der Waals surface area contributed by atoms with Crippen molar-refractivity contribution in [1.82, 2.24) is 9.88 Å². The van der Waals surface area contributed by atoms with Crippen molar-refractivity contribution in [3.63, 3.8) is 0 Å². The van der Waals surface area contributed by atoms with Crippen LogP contribution in [0.1, 0.15) is 5.56 Å². The van der Waals surface area contributed by atoms with Gasteiger partial charge in [-0.2, -0.15) is 0 Å². The molecule has 0 atom stereocenters. The first-order valence-electron chi connectivity index (χ1n) is 4.01. The van der Waals surface area contributed by atoms with Gasteiger partial charge in [-0.05, 0) is 18.7 Å². The van der Waals surface area contributed by atoms with E-state index >= 15 is 0 Å². The Labute approximate surface area is 72.7 Å². The van der Waals surface area contributed by atoms with Crippen LogP contribution in [0.2, 0.25) is 0 Å². The molecule has 1 rings (SSSR count). The van der Waals surface area contributed by atoms with Gasteiger partial charge < -0.3 is 5.11 Å². The van der Waals surface area contributed by atoms with Crippen LogP contribution in [0, 0.1) is 0 Å². The van der Waals surface area contributed by atoms with Crippen molar-refractivity contribution in [3.8, 4) is 0 Å². The average Bonchev–Trinajstić information content (AvgIpc) is 2.06. The molecular weight excluding hydrogens is 152 g/mol. The molecule has 3 nitrogen and oxygen atoms in total. The minimum absolute atomic E-state index is 0.205. The molecule has 0 saturated heterocycles. The fourth-order valence-electron chi connectivity index (χ4n) is 1.05. The Morgan fingerprint density at radius 1 is 1.58 bits per heavy atom. The summed E-state index contributed by atoms with van der Waals surface area (Å²) in [6.45, 7) is 1.75. The van der Waals surface area contributed by atoms with Gasteiger partial charge in [-0.3, -0.25) is 9.88 Å². The van der Waals surface area contributed by atoms with Gasteiger partial charge in [-0.15, -0.1) is 0 Å². The Hall–Kier alpha value is -0.930. The molecule has 0 aliphatic heterocycles. The van der Waals surface area contributed by atoms with E-state index in [1.807, 2.05) is 25.4 Å². The summed E-state index contributed by atoms with van der Waals surface area (Å²) in [5.74, 6) is 0. The molecule has 0 aliphatic rings. The summed E-state index contributed by atoms with van der Waals surface area (Å²) in [6, 6.07) is 3.95. The highest BCUT2D eigenvalue weighted by molar-refractivity contribution is 5.07. The molecule has 0 unspecified atom stereocenters. The minimum atomic E-state index is 0.205. The van der Waals surface area contributed by atoms with Crippen molar-refractivity contribution in [2.24, 2.45) is 0 Å². The molecule has 1 heterocycles. The Morgan fingerprint density at radius 2 is 2.42 bits per heavy atom. The largest absolute Gasteiger partial charge is 0.395 e. The standard InChI is InChI=1S/C9H14N2O/c1-11(5-6-12)8-9-3-2-4-10-7-9/h2-4,7,12H,5-6,8H2,1H3. The Kier molecular flexibility index (Phi) is 3.70. The SMILES string of the molecule is CN(CCO)Cc1cccnc1. The molecule has 0 radical (unpaired) electrons. The van der Waals surface area contributed by atoms with E-state index < -0.39 is 0 Å². The highest BCUT2D eigenvalue weighted by Crippen LogP contribution is 1.99. The molecule has 0 aliphatic carbocycles. The summed E-state index contributed by atoms with van der Waals surface area (Å²) in [4.78, 5) is 6.06. The van der Waals surface area contributed by atoms with E-state index in [-0.39, 0.29) is 6.61 Å². The monoisotopic (exact) mass is 166 g/mol. The second-order valence-corrected chi connectivity index (χ2v) is 2.82. The molecule has 0 spiro atoms. The van der Waals surface area contributed by atoms with Crippen LogP contribution in [0.25, 0.3) is 0 Å². The fourth-order valence-corrected chi connectivity index (χ4v) is 1.05. The zero-order chi connectivity index (χ0) is 8.81. The van der Waals surface area contributed by atoms with Crippen LogP contribution in [0.5, 0.6) is 0 Å². The molecule has 0 aromatic carbocycles. The van der Waals surface area contributed by atoms with Crippen molar-refractivity contribution in [3.05, 3.63) is 30.1 Å². The fraction of sp³-hybridized carbons (Fsp3) is 0.444. The number of aromatic nitrogens is 1. The Balaban J connectivity index is 2.41.